The maximum absolute atomic E-state index is 14.2. The number of carbonyl (C=O) groups is 4. The van der Waals surface area contributed by atoms with Gasteiger partial charge in [0.2, 0.25) is 0 Å². The van der Waals surface area contributed by atoms with Crippen LogP contribution >= 0.6 is 45.9 Å². The summed E-state index contributed by atoms with van der Waals surface area (Å²) in [6, 6.07) is 58.2. The first kappa shape index (κ1) is 66.6. The summed E-state index contributed by atoms with van der Waals surface area (Å²) in [6.45, 7) is 11.4. The third-order valence-electron chi connectivity index (χ3n) is 17.2. The van der Waals surface area contributed by atoms with Crippen LogP contribution in [0.15, 0.2) is 195 Å². The molecule has 6 heterocycles. The normalized spacial score (nSPS) is 12.9. The van der Waals surface area contributed by atoms with Crippen LogP contribution in [0.2, 0.25) is 8.67 Å². The van der Waals surface area contributed by atoms with Crippen molar-refractivity contribution in [2.75, 3.05) is 72.0 Å². The van der Waals surface area contributed by atoms with E-state index in [4.69, 9.17) is 28.5 Å². The van der Waals surface area contributed by atoms with Crippen LogP contribution in [-0.4, -0.2) is 105 Å². The van der Waals surface area contributed by atoms with Gasteiger partial charge in [-0.2, -0.15) is 10.5 Å². The lowest BCUT2D eigenvalue weighted by molar-refractivity contribution is 0.0744. The molecular weight excluding hydrogens is 1270 g/mol. The monoisotopic (exact) mass is 1340 g/mol. The molecule has 2 aliphatic rings. The van der Waals surface area contributed by atoms with E-state index in [1.807, 2.05) is 146 Å². The second-order valence-electron chi connectivity index (χ2n) is 23.6. The molecule has 0 radical (unpaired) electrons. The number of imidazole rings is 2. The fourth-order valence-electron chi connectivity index (χ4n) is 11.7. The molecule has 4 amide bonds. The van der Waals surface area contributed by atoms with Gasteiger partial charge in [-0.05, 0) is 158 Å². The molecule has 6 aromatic carbocycles. The SMILES string of the molecule is CCCCCCc1ccc(C(=O)N(Cc2cncn2Cc2ccc(C#N)cc2)c2ccc(N3CCN(C(=O)c4ccc(Cl)s4)CC3)cc2)cc1.Cc1ccc(C(=O)N(Cc2cncn2Cc2ccc(C#N)cc2)c2ccc(N3CCN(C(=O)c4ccc(Cl)s4)CC3)cc2)cc1. The van der Waals surface area contributed by atoms with E-state index in [0.717, 1.165) is 63.7 Å². The zero-order chi connectivity index (χ0) is 66.2. The van der Waals surface area contributed by atoms with E-state index < -0.39 is 0 Å². The molecule has 16 nitrogen and oxygen atoms in total. The summed E-state index contributed by atoms with van der Waals surface area (Å²) in [7, 11) is 0. The Morgan fingerprint density at radius 3 is 1.26 bits per heavy atom. The van der Waals surface area contributed by atoms with Crippen LogP contribution < -0.4 is 19.6 Å². The van der Waals surface area contributed by atoms with Crippen molar-refractivity contribution in [2.24, 2.45) is 0 Å². The second-order valence-corrected chi connectivity index (χ2v) is 27.0. The van der Waals surface area contributed by atoms with Crippen LogP contribution in [0, 0.1) is 29.6 Å². The number of nitriles is 2. The number of anilines is 4. The predicted octanol–water partition coefficient (Wildman–Crippen LogP) is 15.1. The molecule has 0 aliphatic carbocycles. The summed E-state index contributed by atoms with van der Waals surface area (Å²) in [5.41, 5.74) is 12.3. The van der Waals surface area contributed by atoms with Crippen LogP contribution in [0.1, 0.15) is 117 Å². The van der Waals surface area contributed by atoms with Crippen molar-refractivity contribution < 1.29 is 19.2 Å². The van der Waals surface area contributed by atoms with Gasteiger partial charge in [0.1, 0.15) is 0 Å². The first-order valence-electron chi connectivity index (χ1n) is 31.8. The number of benzene rings is 6. The largest absolute Gasteiger partial charge is 0.368 e. The van der Waals surface area contributed by atoms with E-state index in [0.29, 0.717) is 119 Å². The summed E-state index contributed by atoms with van der Waals surface area (Å²) < 4.78 is 5.30. The number of piperazine rings is 2. The van der Waals surface area contributed by atoms with Gasteiger partial charge >= 0.3 is 0 Å². The zero-order valence-electron chi connectivity index (χ0n) is 53.1. The Morgan fingerprint density at radius 1 is 0.484 bits per heavy atom. The Kier molecular flexibility index (Phi) is 22.4. The minimum Gasteiger partial charge on any atom is -0.368 e. The number of thiophene rings is 2. The molecule has 10 aromatic rings. The summed E-state index contributed by atoms with van der Waals surface area (Å²) in [4.78, 5) is 76.0. The number of nitrogens with zero attached hydrogens (tertiary/aromatic N) is 12. The number of rotatable bonds is 21. The van der Waals surface area contributed by atoms with Gasteiger partial charge in [0.25, 0.3) is 23.6 Å². The minimum atomic E-state index is -0.102. The molecule has 0 saturated carbocycles. The third-order valence-corrected chi connectivity index (χ3v) is 19.6. The number of hydrogen-bond acceptors (Lipinski definition) is 12. The van der Waals surface area contributed by atoms with Gasteiger partial charge in [0.05, 0.1) is 78.8 Å². The van der Waals surface area contributed by atoms with Crippen molar-refractivity contribution in [1.82, 2.24) is 28.9 Å². The molecule has 20 heteroatoms. The first-order chi connectivity index (χ1) is 46.3. The predicted molar refractivity (Wildman–Crippen MR) is 379 cm³/mol. The number of carbonyl (C=O) groups excluding carboxylic acids is 4. The Bertz CT molecular complexity index is 4310. The molecule has 0 atom stereocenters. The van der Waals surface area contributed by atoms with Crippen LogP contribution in [0.5, 0.6) is 0 Å². The van der Waals surface area contributed by atoms with Crippen LogP contribution in [0.4, 0.5) is 22.7 Å². The highest BCUT2D eigenvalue weighted by molar-refractivity contribution is 7.18. The highest BCUT2D eigenvalue weighted by Crippen LogP contribution is 2.31. The van der Waals surface area contributed by atoms with Crippen molar-refractivity contribution in [3.05, 3.63) is 269 Å². The number of halogens is 2. The van der Waals surface area contributed by atoms with Crippen LogP contribution in [0.3, 0.4) is 0 Å². The van der Waals surface area contributed by atoms with Gasteiger partial charge in [-0.1, -0.05) is 103 Å². The minimum absolute atomic E-state index is 0.0191. The Labute approximate surface area is 572 Å². The van der Waals surface area contributed by atoms with E-state index in [9.17, 15) is 24.4 Å². The van der Waals surface area contributed by atoms with E-state index in [-0.39, 0.29) is 23.6 Å². The number of hydrogen-bond donors (Lipinski definition) is 0. The molecule has 4 aromatic heterocycles. The quantitative estimate of drug-likeness (QED) is 0.0631. The lowest BCUT2D eigenvalue weighted by Crippen LogP contribution is -2.48. The molecule has 0 unspecified atom stereocenters. The van der Waals surface area contributed by atoms with E-state index >= 15 is 0 Å². The van der Waals surface area contributed by atoms with Gasteiger partial charge in [0.15, 0.2) is 0 Å². The molecule has 2 fully saturated rings. The molecule has 0 bridgehead atoms. The lowest BCUT2D eigenvalue weighted by atomic mass is 10.0. The number of amides is 4. The van der Waals surface area contributed by atoms with Gasteiger partial charge in [-0.25, -0.2) is 9.97 Å². The van der Waals surface area contributed by atoms with Gasteiger partial charge in [0, 0.05) is 112 Å². The third kappa shape index (κ3) is 17.1. The lowest BCUT2D eigenvalue weighted by Gasteiger charge is -2.36. The molecule has 95 heavy (non-hydrogen) atoms. The summed E-state index contributed by atoms with van der Waals surface area (Å²) >= 11 is 14.7. The Hall–Kier alpha value is -9.82. The molecule has 2 aliphatic heterocycles. The highest BCUT2D eigenvalue weighted by atomic mass is 35.5. The Balaban J connectivity index is 0.000000194. The van der Waals surface area contributed by atoms with Crippen LogP contribution in [0.25, 0.3) is 0 Å². The summed E-state index contributed by atoms with van der Waals surface area (Å²) in [5.74, 6) is -0.142. The fourth-order valence-corrected chi connectivity index (χ4v) is 13.7. The topological polar surface area (TPSA) is 171 Å². The second kappa shape index (κ2) is 31.9. The van der Waals surface area contributed by atoms with Gasteiger partial charge in [-0.15, -0.1) is 22.7 Å². The van der Waals surface area contributed by atoms with Crippen molar-refractivity contribution in [1.29, 1.82) is 10.5 Å². The summed E-state index contributed by atoms with van der Waals surface area (Å²) in [6.07, 6.45) is 13.0. The zero-order valence-corrected chi connectivity index (χ0v) is 56.2. The number of unbranched alkanes of at least 4 members (excludes halogenated alkanes) is 3. The van der Waals surface area contributed by atoms with Crippen LogP contribution in [-0.2, 0) is 32.6 Å². The van der Waals surface area contributed by atoms with E-state index in [1.54, 1.807) is 60.1 Å². The average Bonchev–Trinajstić information content (AvgIpc) is 1.79. The standard InChI is InChI=1S/C40H41ClN6O2S.C35H31ClN6O2S/c1-2-3-4-5-6-30-11-13-33(14-12-30)39(48)47(28-36-26-43-29-46(36)27-32-9-7-31(25-42)8-10-32)35-17-15-34(16-18-35)44-21-23-45(24-22-44)40(49)37-19-20-38(41)50-37;1-25-2-8-28(9-3-25)34(43)42(23-31-21-38-24-41(31)22-27-6-4-26(20-37)5-7-27)30-12-10-29(11-13-30)39-16-18-40(19-17-39)35(44)32-14-15-33(36)45-32/h7-20,26,29H,2-6,21-24,27-28H2,1H3;2-15,21,24H,16-19,22-23H2,1H3. The molecule has 482 valence electrons. The molecular formula is C75H72Cl2N12O4S2. The van der Waals surface area contributed by atoms with E-state index in [1.165, 1.54) is 47.5 Å². The Morgan fingerprint density at radius 2 is 0.884 bits per heavy atom. The molecule has 0 N–H and O–H groups in total. The van der Waals surface area contributed by atoms with Crippen molar-refractivity contribution >= 4 is 92.3 Å². The molecule has 12 rings (SSSR count). The number of aromatic nitrogens is 4. The van der Waals surface area contributed by atoms with Crippen molar-refractivity contribution in [3.63, 3.8) is 0 Å². The maximum atomic E-state index is 14.2. The number of aryl methyl sites for hydroxylation is 2. The van der Waals surface area contributed by atoms with E-state index in [2.05, 4.69) is 63.1 Å². The first-order valence-corrected chi connectivity index (χ1v) is 34.2. The molecule has 2 saturated heterocycles. The highest BCUT2D eigenvalue weighted by Gasteiger charge is 2.28. The van der Waals surface area contributed by atoms with Gasteiger partial charge in [-0.3, -0.25) is 19.2 Å². The maximum Gasteiger partial charge on any atom is 0.264 e. The van der Waals surface area contributed by atoms with Crippen molar-refractivity contribution in [2.45, 2.75) is 72.1 Å². The average molecular weight is 1340 g/mol. The fraction of sp³-hybridized carbons (Fsp3) is 0.253. The van der Waals surface area contributed by atoms with Gasteiger partial charge < -0.3 is 38.5 Å². The van der Waals surface area contributed by atoms with Crippen molar-refractivity contribution in [3.8, 4) is 12.1 Å². The summed E-state index contributed by atoms with van der Waals surface area (Å²) in [5, 5.41) is 18.3. The smallest absolute Gasteiger partial charge is 0.264 e. The molecule has 0 spiro atoms.